The van der Waals surface area contributed by atoms with Crippen LogP contribution in [0.2, 0.25) is 0 Å². The fourth-order valence-electron chi connectivity index (χ4n) is 3.68. The Balaban J connectivity index is 1.62. The van der Waals surface area contributed by atoms with Crippen LogP contribution in [-0.2, 0) is 13.0 Å². The molecule has 1 aromatic carbocycles. The summed E-state index contributed by atoms with van der Waals surface area (Å²) < 4.78 is 5.33. The highest BCUT2D eigenvalue weighted by Crippen LogP contribution is 2.25. The van der Waals surface area contributed by atoms with Crippen molar-refractivity contribution in [2.75, 3.05) is 33.8 Å². The molecule has 0 spiro atoms. The van der Waals surface area contributed by atoms with Gasteiger partial charge in [0.05, 0.1) is 19.7 Å². The molecule has 1 atom stereocenters. The third kappa shape index (κ3) is 6.18. The number of aromatic nitrogens is 1. The molecular weight excluding hydrogens is 382 g/mol. The van der Waals surface area contributed by atoms with E-state index in [-0.39, 0.29) is 0 Å². The molecule has 1 unspecified atom stereocenters. The molecule has 0 aliphatic carbocycles. The zero-order chi connectivity index (χ0) is 20.5. The molecule has 1 saturated heterocycles. The Bertz CT molecular complexity index is 768. The molecule has 7 heteroatoms. The minimum atomic E-state index is 0.311. The number of hydrogen-bond acceptors (Lipinski definition) is 5. The molecule has 1 fully saturated rings. The fourth-order valence-corrected chi connectivity index (χ4v) is 4.48. The highest BCUT2D eigenvalue weighted by atomic mass is 32.1. The van der Waals surface area contributed by atoms with Crippen molar-refractivity contribution in [3.63, 3.8) is 0 Å². The Morgan fingerprint density at radius 3 is 2.59 bits per heavy atom. The predicted octanol–water partition coefficient (Wildman–Crippen LogP) is 3.61. The second kappa shape index (κ2) is 11.2. The smallest absolute Gasteiger partial charge is 0.191 e. The third-order valence-electron chi connectivity index (χ3n) is 5.38. The summed E-state index contributed by atoms with van der Waals surface area (Å²) in [6.07, 6.45) is 6.86. The van der Waals surface area contributed by atoms with Crippen molar-refractivity contribution in [2.45, 2.75) is 45.2 Å². The van der Waals surface area contributed by atoms with E-state index in [1.165, 1.54) is 29.7 Å². The van der Waals surface area contributed by atoms with E-state index in [1.807, 2.05) is 25.4 Å². The van der Waals surface area contributed by atoms with E-state index in [2.05, 4.69) is 44.6 Å². The number of hydrogen-bond donors (Lipinski definition) is 2. The number of piperidine rings is 1. The number of aryl methyl sites for hydroxylation is 1. The van der Waals surface area contributed by atoms with Gasteiger partial charge in [0.2, 0.25) is 0 Å². The summed E-state index contributed by atoms with van der Waals surface area (Å²) in [7, 11) is 3.53. The number of rotatable bonds is 8. The minimum absolute atomic E-state index is 0.311. The number of methoxy groups -OCH3 is 1. The van der Waals surface area contributed by atoms with E-state index in [1.54, 1.807) is 18.4 Å². The summed E-state index contributed by atoms with van der Waals surface area (Å²) >= 11 is 1.76. The van der Waals surface area contributed by atoms with Gasteiger partial charge < -0.3 is 15.4 Å². The first-order valence-corrected chi connectivity index (χ1v) is 11.3. The maximum Gasteiger partial charge on any atom is 0.191 e. The lowest BCUT2D eigenvalue weighted by Gasteiger charge is -2.35. The lowest BCUT2D eigenvalue weighted by molar-refractivity contribution is 0.164. The number of nitrogens with zero attached hydrogens (tertiary/aromatic N) is 3. The average molecular weight is 416 g/mol. The second-order valence-electron chi connectivity index (χ2n) is 7.27. The van der Waals surface area contributed by atoms with Gasteiger partial charge in [-0.05, 0) is 50.0 Å². The zero-order valence-corrected chi connectivity index (χ0v) is 18.6. The van der Waals surface area contributed by atoms with Gasteiger partial charge in [-0.1, -0.05) is 25.5 Å². The number of nitrogens with one attached hydrogen (secondary N) is 2. The standard InChI is InChI=1S/C22H33N5OS/c1-4-19-14-24-21(29-19)16-26-22(23-2)25-15-20(27-12-6-5-7-13-27)17-8-10-18(28-3)11-9-17/h8-11,14,20H,4-7,12-13,15-16H2,1-3H3,(H2,23,25,26). The van der Waals surface area contributed by atoms with Gasteiger partial charge in [-0.15, -0.1) is 11.3 Å². The first kappa shape index (κ1) is 21.6. The van der Waals surface area contributed by atoms with Gasteiger partial charge in [-0.25, -0.2) is 4.98 Å². The molecule has 2 heterocycles. The molecular formula is C22H33N5OS. The van der Waals surface area contributed by atoms with Crippen LogP contribution in [0.3, 0.4) is 0 Å². The van der Waals surface area contributed by atoms with Crippen LogP contribution in [0.25, 0.3) is 0 Å². The van der Waals surface area contributed by atoms with Gasteiger partial charge in [-0.3, -0.25) is 9.89 Å². The normalized spacial score (nSPS) is 16.4. The number of ether oxygens (including phenoxy) is 1. The van der Waals surface area contributed by atoms with Crippen molar-refractivity contribution >= 4 is 17.3 Å². The van der Waals surface area contributed by atoms with Crippen molar-refractivity contribution in [3.05, 3.63) is 45.9 Å². The molecule has 29 heavy (non-hydrogen) atoms. The van der Waals surface area contributed by atoms with Crippen LogP contribution in [0, 0.1) is 0 Å². The molecule has 2 N–H and O–H groups in total. The van der Waals surface area contributed by atoms with Crippen LogP contribution in [0.15, 0.2) is 35.5 Å². The van der Waals surface area contributed by atoms with Crippen LogP contribution in [-0.4, -0.2) is 49.6 Å². The molecule has 6 nitrogen and oxygen atoms in total. The van der Waals surface area contributed by atoms with Gasteiger partial charge in [0.15, 0.2) is 5.96 Å². The third-order valence-corrected chi connectivity index (χ3v) is 6.52. The quantitative estimate of drug-likeness (QED) is 0.509. The maximum atomic E-state index is 5.33. The van der Waals surface area contributed by atoms with Crippen molar-refractivity contribution < 1.29 is 4.74 Å². The SMILES string of the molecule is CCc1cnc(CNC(=NC)NCC(c2ccc(OC)cc2)N2CCCCC2)s1. The van der Waals surface area contributed by atoms with Crippen LogP contribution in [0.5, 0.6) is 5.75 Å². The Kier molecular flexibility index (Phi) is 8.31. The van der Waals surface area contributed by atoms with E-state index in [0.29, 0.717) is 12.6 Å². The lowest BCUT2D eigenvalue weighted by atomic mass is 10.0. The zero-order valence-electron chi connectivity index (χ0n) is 17.8. The molecule has 2 aromatic rings. The summed E-state index contributed by atoms with van der Waals surface area (Å²) in [5, 5.41) is 8.02. The first-order valence-electron chi connectivity index (χ1n) is 10.5. The topological polar surface area (TPSA) is 61.8 Å². The summed E-state index contributed by atoms with van der Waals surface area (Å²) in [6, 6.07) is 8.77. The fraction of sp³-hybridized carbons (Fsp3) is 0.545. The number of aliphatic imine (C=N–C) groups is 1. The molecule has 1 aliphatic heterocycles. The Hall–Kier alpha value is -2.12. The second-order valence-corrected chi connectivity index (χ2v) is 8.47. The van der Waals surface area contributed by atoms with E-state index in [0.717, 1.165) is 42.8 Å². The Labute approximate surface area is 178 Å². The summed E-state index contributed by atoms with van der Waals surface area (Å²) in [5.41, 5.74) is 1.31. The van der Waals surface area contributed by atoms with Crippen LogP contribution >= 0.6 is 11.3 Å². The lowest BCUT2D eigenvalue weighted by Crippen LogP contribution is -2.44. The minimum Gasteiger partial charge on any atom is -0.497 e. The van der Waals surface area contributed by atoms with E-state index < -0.39 is 0 Å². The van der Waals surface area contributed by atoms with E-state index >= 15 is 0 Å². The molecule has 1 aliphatic rings. The highest BCUT2D eigenvalue weighted by Gasteiger charge is 2.22. The van der Waals surface area contributed by atoms with E-state index in [9.17, 15) is 0 Å². The van der Waals surface area contributed by atoms with Gasteiger partial charge in [0.1, 0.15) is 10.8 Å². The molecule has 0 radical (unpaired) electrons. The molecule has 1 aromatic heterocycles. The maximum absolute atomic E-state index is 5.33. The molecule has 0 saturated carbocycles. The van der Waals surface area contributed by atoms with Crippen LogP contribution < -0.4 is 15.4 Å². The Morgan fingerprint density at radius 2 is 1.97 bits per heavy atom. The van der Waals surface area contributed by atoms with Gasteiger partial charge in [0.25, 0.3) is 0 Å². The molecule has 3 rings (SSSR count). The van der Waals surface area contributed by atoms with Gasteiger partial charge >= 0.3 is 0 Å². The summed E-state index contributed by atoms with van der Waals surface area (Å²) in [4.78, 5) is 12.8. The number of likely N-dealkylation sites (tertiary alicyclic amines) is 1. The van der Waals surface area contributed by atoms with Crippen LogP contribution in [0.4, 0.5) is 0 Å². The predicted molar refractivity (Wildman–Crippen MR) is 121 cm³/mol. The largest absolute Gasteiger partial charge is 0.497 e. The van der Waals surface area contributed by atoms with Crippen molar-refractivity contribution in [1.29, 1.82) is 0 Å². The molecule has 158 valence electrons. The summed E-state index contributed by atoms with van der Waals surface area (Å²) in [6.45, 7) is 5.95. The van der Waals surface area contributed by atoms with Crippen molar-refractivity contribution in [2.24, 2.45) is 4.99 Å². The Morgan fingerprint density at radius 1 is 1.21 bits per heavy atom. The van der Waals surface area contributed by atoms with Crippen molar-refractivity contribution in [3.8, 4) is 5.75 Å². The number of thiazole rings is 1. The first-order chi connectivity index (χ1) is 14.2. The van der Waals surface area contributed by atoms with Crippen molar-refractivity contribution in [1.82, 2.24) is 20.5 Å². The average Bonchev–Trinajstić information content (AvgIpc) is 3.25. The monoisotopic (exact) mass is 415 g/mol. The number of guanidine groups is 1. The molecule has 0 bridgehead atoms. The van der Waals surface area contributed by atoms with E-state index in [4.69, 9.17) is 4.74 Å². The van der Waals surface area contributed by atoms with Gasteiger partial charge in [0, 0.05) is 24.7 Å². The highest BCUT2D eigenvalue weighted by molar-refractivity contribution is 7.11. The van der Waals surface area contributed by atoms with Gasteiger partial charge in [-0.2, -0.15) is 0 Å². The van der Waals surface area contributed by atoms with Crippen LogP contribution in [0.1, 0.15) is 47.7 Å². The number of benzene rings is 1. The summed E-state index contributed by atoms with van der Waals surface area (Å²) in [5.74, 6) is 1.71. The molecule has 0 amide bonds.